The van der Waals surface area contributed by atoms with E-state index in [1.165, 1.54) is 11.0 Å². The quantitative estimate of drug-likeness (QED) is 0.513. The number of nitrogens with zero attached hydrogens (tertiary/aromatic N) is 4. The highest BCUT2D eigenvalue weighted by molar-refractivity contribution is 5.88. The zero-order valence-corrected chi connectivity index (χ0v) is 10.8. The maximum atomic E-state index is 10.1. The van der Waals surface area contributed by atoms with Crippen LogP contribution in [0.15, 0.2) is 18.0 Å². The van der Waals surface area contributed by atoms with E-state index in [1.54, 1.807) is 13.0 Å². The molecule has 3 rings (SSSR count). The maximum Gasteiger partial charge on any atom is 0.164 e. The van der Waals surface area contributed by atoms with Crippen molar-refractivity contribution in [2.45, 2.75) is 25.2 Å². The Morgan fingerprint density at radius 1 is 1.35 bits per heavy atom. The van der Waals surface area contributed by atoms with Crippen LogP contribution in [0, 0.1) is 6.92 Å². The number of hydrogen-bond donors (Lipinski definition) is 4. The van der Waals surface area contributed by atoms with Gasteiger partial charge in [0.15, 0.2) is 5.65 Å². The number of hydrogen-bond acceptors (Lipinski definition) is 7. The van der Waals surface area contributed by atoms with Crippen LogP contribution in [0.4, 0.5) is 5.82 Å². The molecule has 1 aliphatic rings. The van der Waals surface area contributed by atoms with Gasteiger partial charge in [-0.15, -0.1) is 0 Å². The molecular formula is C12H15N5O3. The van der Waals surface area contributed by atoms with Crippen LogP contribution in [0.2, 0.25) is 0 Å². The summed E-state index contributed by atoms with van der Waals surface area (Å²) in [4.78, 5) is 8.06. The third-order valence-electron chi connectivity index (χ3n) is 3.60. The fourth-order valence-corrected chi connectivity index (χ4v) is 2.56. The summed E-state index contributed by atoms with van der Waals surface area (Å²) in [6.07, 6.45) is 0.725. The molecule has 5 N–H and O–H groups in total. The number of aliphatic hydroxyl groups excluding tert-OH is 3. The number of anilines is 1. The molecule has 3 unspecified atom stereocenters. The molecule has 20 heavy (non-hydrogen) atoms. The molecular weight excluding hydrogens is 262 g/mol. The van der Waals surface area contributed by atoms with Gasteiger partial charge in [0.25, 0.3) is 0 Å². The summed E-state index contributed by atoms with van der Waals surface area (Å²) in [7, 11) is 0. The molecule has 8 heteroatoms. The molecule has 8 nitrogen and oxygen atoms in total. The van der Waals surface area contributed by atoms with E-state index in [0.717, 1.165) is 0 Å². The van der Waals surface area contributed by atoms with E-state index in [2.05, 4.69) is 15.1 Å². The van der Waals surface area contributed by atoms with Gasteiger partial charge >= 0.3 is 0 Å². The standard InChI is InChI=1S/C12H15N5O3/c1-5-8-11(13)14-4-15-12(8)17(16-5)7-2-6(3-18)9(19)10(7)20/h2,4,7,9-10,18-20H,3H2,1H3,(H2,13,14,15). The summed E-state index contributed by atoms with van der Waals surface area (Å²) in [6, 6.07) is -0.599. The Kier molecular flexibility index (Phi) is 2.93. The van der Waals surface area contributed by atoms with Crippen molar-refractivity contribution >= 4 is 16.9 Å². The van der Waals surface area contributed by atoms with Gasteiger partial charge in [-0.1, -0.05) is 6.08 Å². The number of nitrogens with two attached hydrogens (primary N) is 1. The summed E-state index contributed by atoms with van der Waals surface area (Å²) in [6.45, 7) is 1.46. The molecule has 0 saturated carbocycles. The molecule has 0 aliphatic heterocycles. The Morgan fingerprint density at radius 3 is 2.75 bits per heavy atom. The highest BCUT2D eigenvalue weighted by atomic mass is 16.3. The van der Waals surface area contributed by atoms with Crippen LogP contribution in [0.5, 0.6) is 0 Å². The van der Waals surface area contributed by atoms with E-state index in [9.17, 15) is 10.2 Å². The highest BCUT2D eigenvalue weighted by Gasteiger charge is 2.37. The first kappa shape index (κ1) is 13.0. The third kappa shape index (κ3) is 1.69. The van der Waals surface area contributed by atoms with Crippen molar-refractivity contribution in [3.8, 4) is 0 Å². The zero-order valence-electron chi connectivity index (χ0n) is 10.8. The van der Waals surface area contributed by atoms with Gasteiger partial charge in [-0.3, -0.25) is 0 Å². The van der Waals surface area contributed by atoms with Crippen molar-refractivity contribution in [3.63, 3.8) is 0 Å². The average molecular weight is 277 g/mol. The van der Waals surface area contributed by atoms with Crippen LogP contribution in [-0.2, 0) is 0 Å². The number of aliphatic hydroxyl groups is 3. The second kappa shape index (κ2) is 4.51. The van der Waals surface area contributed by atoms with Gasteiger partial charge in [-0.25, -0.2) is 14.6 Å². The fraction of sp³-hybridized carbons (Fsp3) is 0.417. The number of rotatable bonds is 2. The Morgan fingerprint density at radius 2 is 2.10 bits per heavy atom. The van der Waals surface area contributed by atoms with E-state index in [0.29, 0.717) is 28.1 Å². The molecule has 2 aromatic rings. The minimum Gasteiger partial charge on any atom is -0.392 e. The lowest BCUT2D eigenvalue weighted by atomic mass is 10.1. The zero-order chi connectivity index (χ0) is 14.4. The highest BCUT2D eigenvalue weighted by Crippen LogP contribution is 2.32. The predicted molar refractivity (Wildman–Crippen MR) is 70.7 cm³/mol. The van der Waals surface area contributed by atoms with Gasteiger partial charge in [0, 0.05) is 0 Å². The molecule has 1 aliphatic carbocycles. The summed E-state index contributed by atoms with van der Waals surface area (Å²) < 4.78 is 1.50. The molecule has 0 fully saturated rings. The number of fused-ring (bicyclic) bond motifs is 1. The molecule has 2 aromatic heterocycles. The van der Waals surface area contributed by atoms with Gasteiger partial charge in [0.1, 0.15) is 30.4 Å². The first-order valence-electron chi connectivity index (χ1n) is 6.17. The van der Waals surface area contributed by atoms with Crippen LogP contribution in [-0.4, -0.2) is 53.9 Å². The van der Waals surface area contributed by atoms with Crippen LogP contribution >= 0.6 is 0 Å². The summed E-state index contributed by atoms with van der Waals surface area (Å²) in [5.41, 5.74) is 7.31. The fourth-order valence-electron chi connectivity index (χ4n) is 2.56. The number of aryl methyl sites for hydroxylation is 1. The summed E-state index contributed by atoms with van der Waals surface area (Å²) >= 11 is 0. The first-order valence-corrected chi connectivity index (χ1v) is 6.17. The topological polar surface area (TPSA) is 130 Å². The molecule has 0 amide bonds. The van der Waals surface area contributed by atoms with Gasteiger partial charge in [0.05, 0.1) is 17.7 Å². The van der Waals surface area contributed by atoms with Crippen molar-refractivity contribution in [2.75, 3.05) is 12.3 Å². The van der Waals surface area contributed by atoms with Gasteiger partial charge < -0.3 is 21.1 Å². The Labute approximate surface area is 114 Å². The van der Waals surface area contributed by atoms with Crippen LogP contribution in [0.1, 0.15) is 11.7 Å². The lowest BCUT2D eigenvalue weighted by molar-refractivity contribution is 0.0264. The van der Waals surface area contributed by atoms with Crippen LogP contribution in [0.25, 0.3) is 11.0 Å². The predicted octanol–water partition coefficient (Wildman–Crippen LogP) is -1.09. The van der Waals surface area contributed by atoms with E-state index < -0.39 is 18.2 Å². The normalized spacial score (nSPS) is 26.2. The summed E-state index contributed by atoms with van der Waals surface area (Å²) in [5.74, 6) is 0.318. The van der Waals surface area contributed by atoms with Gasteiger partial charge in [-0.2, -0.15) is 5.10 Å². The molecule has 106 valence electrons. The van der Waals surface area contributed by atoms with Crippen molar-refractivity contribution < 1.29 is 15.3 Å². The number of nitrogen functional groups attached to an aromatic ring is 1. The van der Waals surface area contributed by atoms with Crippen LogP contribution < -0.4 is 5.73 Å². The lowest BCUT2D eigenvalue weighted by Crippen LogP contribution is -2.30. The maximum absolute atomic E-state index is 10.1. The molecule has 3 atom stereocenters. The van der Waals surface area contributed by atoms with Crippen LogP contribution in [0.3, 0.4) is 0 Å². The summed E-state index contributed by atoms with van der Waals surface area (Å²) in [5, 5.41) is 34.1. The monoisotopic (exact) mass is 277 g/mol. The van der Waals surface area contributed by atoms with Crippen molar-refractivity contribution in [2.24, 2.45) is 0 Å². The molecule has 0 radical (unpaired) electrons. The molecule has 0 saturated heterocycles. The molecule has 0 bridgehead atoms. The van der Waals surface area contributed by atoms with E-state index in [-0.39, 0.29) is 6.61 Å². The minimum absolute atomic E-state index is 0.315. The molecule has 2 heterocycles. The second-order valence-corrected chi connectivity index (χ2v) is 4.81. The number of aromatic nitrogens is 4. The van der Waals surface area contributed by atoms with Gasteiger partial charge in [-0.05, 0) is 12.5 Å². The first-order chi connectivity index (χ1) is 9.54. The SMILES string of the molecule is Cc1nn(C2C=C(CO)C(O)C2O)c2ncnc(N)c12. The van der Waals surface area contributed by atoms with Crippen molar-refractivity contribution in [1.82, 2.24) is 19.7 Å². The van der Waals surface area contributed by atoms with E-state index in [4.69, 9.17) is 10.8 Å². The third-order valence-corrected chi connectivity index (χ3v) is 3.60. The average Bonchev–Trinajstić information content (AvgIpc) is 2.90. The van der Waals surface area contributed by atoms with E-state index >= 15 is 0 Å². The second-order valence-electron chi connectivity index (χ2n) is 4.81. The Bertz CT molecular complexity index is 696. The van der Waals surface area contributed by atoms with E-state index in [1.807, 2.05) is 0 Å². The lowest BCUT2D eigenvalue weighted by Gasteiger charge is -2.18. The minimum atomic E-state index is -1.11. The molecule has 0 aromatic carbocycles. The van der Waals surface area contributed by atoms with Gasteiger partial charge in [0.2, 0.25) is 0 Å². The largest absolute Gasteiger partial charge is 0.392 e. The Balaban J connectivity index is 2.17. The molecule has 0 spiro atoms. The van der Waals surface area contributed by atoms with Crippen molar-refractivity contribution in [1.29, 1.82) is 0 Å². The van der Waals surface area contributed by atoms with Crippen molar-refractivity contribution in [3.05, 3.63) is 23.7 Å². The smallest absolute Gasteiger partial charge is 0.164 e. The Hall–Kier alpha value is -2.03.